The van der Waals surface area contributed by atoms with Crippen LogP contribution in [-0.4, -0.2) is 38.5 Å². The average molecular weight is 340 g/mol. The summed E-state index contributed by atoms with van der Waals surface area (Å²) >= 11 is 0. The first kappa shape index (κ1) is 16.2. The highest BCUT2D eigenvalue weighted by molar-refractivity contribution is 5.76. The number of pyridine rings is 1. The van der Waals surface area contributed by atoms with Crippen LogP contribution in [0.2, 0.25) is 0 Å². The van der Waals surface area contributed by atoms with E-state index in [1.165, 1.54) is 32.1 Å². The first-order chi connectivity index (χ1) is 12.3. The highest BCUT2D eigenvalue weighted by Gasteiger charge is 2.35. The van der Waals surface area contributed by atoms with Gasteiger partial charge in [-0.1, -0.05) is 18.0 Å². The van der Waals surface area contributed by atoms with Crippen LogP contribution in [0.25, 0.3) is 11.4 Å². The fourth-order valence-electron chi connectivity index (χ4n) is 4.26. The molecule has 1 aliphatic carbocycles. The Kier molecular flexibility index (Phi) is 4.76. The molecule has 25 heavy (non-hydrogen) atoms. The van der Waals surface area contributed by atoms with Crippen LogP contribution in [0, 0.1) is 5.92 Å². The van der Waals surface area contributed by atoms with Crippen molar-refractivity contribution < 1.29 is 9.32 Å². The number of aryl methyl sites for hydroxylation is 1. The molecule has 0 aromatic carbocycles. The Hall–Kier alpha value is -2.24. The van der Waals surface area contributed by atoms with Crippen LogP contribution in [0.1, 0.15) is 50.8 Å². The Morgan fingerprint density at radius 3 is 3.00 bits per heavy atom. The third-order valence-corrected chi connectivity index (χ3v) is 5.50. The quantitative estimate of drug-likeness (QED) is 0.854. The van der Waals surface area contributed by atoms with Gasteiger partial charge in [-0.05, 0) is 43.7 Å². The summed E-state index contributed by atoms with van der Waals surface area (Å²) in [5, 5.41) is 3.99. The molecule has 2 aromatic rings. The van der Waals surface area contributed by atoms with Gasteiger partial charge in [-0.2, -0.15) is 4.98 Å². The topological polar surface area (TPSA) is 72.1 Å². The fourth-order valence-corrected chi connectivity index (χ4v) is 4.26. The van der Waals surface area contributed by atoms with Gasteiger partial charge in [0, 0.05) is 43.4 Å². The van der Waals surface area contributed by atoms with Gasteiger partial charge in [0.15, 0.2) is 0 Å². The van der Waals surface area contributed by atoms with E-state index in [0.29, 0.717) is 36.5 Å². The second kappa shape index (κ2) is 7.33. The summed E-state index contributed by atoms with van der Waals surface area (Å²) in [7, 11) is 0. The Bertz CT molecular complexity index is 713. The average Bonchev–Trinajstić information content (AvgIpc) is 3.15. The lowest BCUT2D eigenvalue weighted by atomic mass is 9.78. The lowest BCUT2D eigenvalue weighted by molar-refractivity contribution is -0.137. The normalized spacial score (nSPS) is 23.3. The predicted molar refractivity (Wildman–Crippen MR) is 92.5 cm³/mol. The predicted octanol–water partition coefficient (Wildman–Crippen LogP) is 3.25. The van der Waals surface area contributed by atoms with Crippen LogP contribution in [0.15, 0.2) is 29.0 Å². The summed E-state index contributed by atoms with van der Waals surface area (Å²) in [5.74, 6) is 2.00. The van der Waals surface area contributed by atoms with Crippen molar-refractivity contribution >= 4 is 5.91 Å². The van der Waals surface area contributed by atoms with Gasteiger partial charge in [0.05, 0.1) is 0 Å². The largest absolute Gasteiger partial charge is 0.339 e. The number of hydrogen-bond donors (Lipinski definition) is 0. The number of likely N-dealkylation sites (tertiary alicyclic amines) is 1. The lowest BCUT2D eigenvalue weighted by Crippen LogP contribution is -2.49. The number of piperidine rings is 1. The number of hydrogen-bond acceptors (Lipinski definition) is 5. The first-order valence-corrected chi connectivity index (χ1v) is 9.34. The number of carbonyl (C=O) groups is 1. The van der Waals surface area contributed by atoms with E-state index in [9.17, 15) is 4.79 Å². The van der Waals surface area contributed by atoms with E-state index >= 15 is 0 Å². The van der Waals surface area contributed by atoms with Crippen molar-refractivity contribution in [3.05, 3.63) is 30.4 Å². The van der Waals surface area contributed by atoms with E-state index in [0.717, 1.165) is 18.5 Å². The molecule has 4 rings (SSSR count). The molecule has 0 bridgehead atoms. The Labute approximate surface area is 147 Å². The molecule has 1 saturated heterocycles. The van der Waals surface area contributed by atoms with Crippen LogP contribution >= 0.6 is 0 Å². The van der Waals surface area contributed by atoms with Gasteiger partial charge >= 0.3 is 0 Å². The summed E-state index contributed by atoms with van der Waals surface area (Å²) in [5.41, 5.74) is 0.824. The van der Waals surface area contributed by atoms with E-state index in [-0.39, 0.29) is 5.91 Å². The van der Waals surface area contributed by atoms with E-state index in [1.807, 2.05) is 12.1 Å². The Balaban J connectivity index is 1.36. The van der Waals surface area contributed by atoms with Crippen molar-refractivity contribution in [2.75, 3.05) is 6.54 Å². The summed E-state index contributed by atoms with van der Waals surface area (Å²) in [6.45, 7) is 0.908. The number of nitrogens with zero attached hydrogens (tertiary/aromatic N) is 4. The first-order valence-electron chi connectivity index (χ1n) is 9.34. The van der Waals surface area contributed by atoms with Crippen LogP contribution in [0.4, 0.5) is 0 Å². The summed E-state index contributed by atoms with van der Waals surface area (Å²) in [4.78, 5) is 23.3. The minimum absolute atomic E-state index is 0.234. The molecule has 2 aromatic heterocycles. The van der Waals surface area contributed by atoms with E-state index in [2.05, 4.69) is 20.0 Å². The second-order valence-corrected chi connectivity index (χ2v) is 7.09. The molecule has 2 atom stereocenters. The van der Waals surface area contributed by atoms with Crippen LogP contribution in [0.3, 0.4) is 0 Å². The van der Waals surface area contributed by atoms with Gasteiger partial charge in [0.25, 0.3) is 0 Å². The maximum atomic E-state index is 12.7. The highest BCUT2D eigenvalue weighted by Crippen LogP contribution is 2.35. The van der Waals surface area contributed by atoms with Gasteiger partial charge in [0.2, 0.25) is 17.6 Å². The van der Waals surface area contributed by atoms with Gasteiger partial charge in [-0.3, -0.25) is 9.78 Å². The highest BCUT2D eigenvalue weighted by atomic mass is 16.5. The zero-order valence-corrected chi connectivity index (χ0v) is 14.4. The van der Waals surface area contributed by atoms with Gasteiger partial charge in [-0.25, -0.2) is 0 Å². The summed E-state index contributed by atoms with van der Waals surface area (Å²) in [6, 6.07) is 4.19. The van der Waals surface area contributed by atoms with Gasteiger partial charge in [-0.15, -0.1) is 0 Å². The number of carbonyl (C=O) groups excluding carboxylic acids is 1. The zero-order chi connectivity index (χ0) is 17.1. The van der Waals surface area contributed by atoms with Crippen LogP contribution in [-0.2, 0) is 11.2 Å². The molecule has 1 aliphatic heterocycles. The number of aromatic nitrogens is 3. The van der Waals surface area contributed by atoms with Gasteiger partial charge in [0.1, 0.15) is 0 Å². The molecule has 6 heteroatoms. The molecule has 0 N–H and O–H groups in total. The Morgan fingerprint density at radius 2 is 2.12 bits per heavy atom. The number of fused-ring (bicyclic) bond motifs is 1. The molecular weight excluding hydrogens is 316 g/mol. The second-order valence-electron chi connectivity index (χ2n) is 7.09. The fraction of sp³-hybridized carbons (Fsp3) is 0.579. The molecular formula is C19H24N4O2. The molecule has 0 spiro atoms. The minimum atomic E-state index is 0.234. The van der Waals surface area contributed by atoms with Crippen LogP contribution < -0.4 is 0 Å². The molecule has 132 valence electrons. The lowest BCUT2D eigenvalue weighted by Gasteiger charge is -2.44. The van der Waals surface area contributed by atoms with Crippen molar-refractivity contribution in [2.24, 2.45) is 5.92 Å². The van der Waals surface area contributed by atoms with Crippen molar-refractivity contribution in [3.63, 3.8) is 0 Å². The van der Waals surface area contributed by atoms with Crippen molar-refractivity contribution in [1.82, 2.24) is 20.0 Å². The monoisotopic (exact) mass is 340 g/mol. The molecule has 1 amide bonds. The molecule has 2 aliphatic rings. The number of rotatable bonds is 4. The van der Waals surface area contributed by atoms with Crippen molar-refractivity contribution in [2.45, 2.75) is 57.4 Å². The maximum absolute atomic E-state index is 12.7. The van der Waals surface area contributed by atoms with Crippen molar-refractivity contribution in [3.8, 4) is 11.4 Å². The smallest absolute Gasteiger partial charge is 0.227 e. The Morgan fingerprint density at radius 1 is 1.24 bits per heavy atom. The summed E-state index contributed by atoms with van der Waals surface area (Å²) in [6.07, 6.45) is 11.8. The van der Waals surface area contributed by atoms with Gasteiger partial charge < -0.3 is 9.42 Å². The minimum Gasteiger partial charge on any atom is -0.339 e. The van der Waals surface area contributed by atoms with E-state index in [4.69, 9.17) is 4.52 Å². The molecule has 3 heterocycles. The number of amides is 1. The van der Waals surface area contributed by atoms with E-state index in [1.54, 1.807) is 12.4 Å². The van der Waals surface area contributed by atoms with E-state index < -0.39 is 0 Å². The molecule has 2 fully saturated rings. The molecule has 0 radical (unpaired) electrons. The third-order valence-electron chi connectivity index (χ3n) is 5.50. The zero-order valence-electron chi connectivity index (χ0n) is 14.4. The summed E-state index contributed by atoms with van der Waals surface area (Å²) < 4.78 is 5.30. The molecule has 1 saturated carbocycles. The van der Waals surface area contributed by atoms with Crippen LogP contribution in [0.5, 0.6) is 0 Å². The van der Waals surface area contributed by atoms with Crippen molar-refractivity contribution in [1.29, 1.82) is 0 Å². The third kappa shape index (κ3) is 3.57. The molecule has 0 unspecified atom stereocenters. The maximum Gasteiger partial charge on any atom is 0.227 e. The molecule has 6 nitrogen and oxygen atoms in total. The SMILES string of the molecule is O=C(CCc1nc(-c2cccnc2)no1)N1CCC[C@H]2CCCC[C@@H]21. The standard InChI is InChI=1S/C19H24N4O2/c24-18(23-12-4-7-14-5-1-2-8-16(14)23)10-9-17-21-19(22-25-17)15-6-3-11-20-13-15/h3,6,11,13-14,16H,1-2,4-5,7-10,12H2/t14-,16+/m1/s1.